The quantitative estimate of drug-likeness (QED) is 0.708. The fourth-order valence-electron chi connectivity index (χ4n) is 2.96. The predicted molar refractivity (Wildman–Crippen MR) is 54.4 cm³/mol. The molecule has 0 heterocycles. The molecule has 0 aromatic carbocycles. The number of rotatable bonds is 4. The average Bonchev–Trinajstić information content (AvgIpc) is 2.90. The molecule has 2 aliphatic carbocycles. The van der Waals surface area contributed by atoms with E-state index in [1.807, 2.05) is 0 Å². The first-order valence-corrected chi connectivity index (χ1v) is 5.67. The van der Waals surface area contributed by atoms with Gasteiger partial charge in [-0.25, -0.2) is 0 Å². The molecule has 0 aliphatic heterocycles. The third-order valence-corrected chi connectivity index (χ3v) is 4.32. The van der Waals surface area contributed by atoms with Crippen molar-refractivity contribution in [2.75, 3.05) is 6.61 Å². The van der Waals surface area contributed by atoms with Crippen molar-refractivity contribution in [3.05, 3.63) is 0 Å². The van der Waals surface area contributed by atoms with Crippen molar-refractivity contribution in [3.8, 4) is 0 Å². The van der Waals surface area contributed by atoms with E-state index in [-0.39, 0.29) is 0 Å². The summed E-state index contributed by atoms with van der Waals surface area (Å²) in [5.74, 6) is 3.49. The van der Waals surface area contributed by atoms with Crippen LogP contribution in [0.1, 0.15) is 40.0 Å². The highest BCUT2D eigenvalue weighted by molar-refractivity contribution is 5.03. The molecule has 0 aromatic rings. The molecule has 0 aromatic heterocycles. The van der Waals surface area contributed by atoms with Gasteiger partial charge in [0.25, 0.3) is 0 Å². The molecule has 2 saturated carbocycles. The van der Waals surface area contributed by atoms with Gasteiger partial charge < -0.3 is 5.11 Å². The van der Waals surface area contributed by atoms with Crippen LogP contribution in [-0.2, 0) is 0 Å². The summed E-state index contributed by atoms with van der Waals surface area (Å²) in [4.78, 5) is 0. The molecule has 13 heavy (non-hydrogen) atoms. The van der Waals surface area contributed by atoms with Crippen molar-refractivity contribution in [3.63, 3.8) is 0 Å². The Labute approximate surface area is 81.5 Å². The van der Waals surface area contributed by atoms with Gasteiger partial charge in [-0.1, -0.05) is 20.8 Å². The summed E-state index contributed by atoms with van der Waals surface area (Å²) in [6.07, 6.45) is 4.09. The number of aliphatic hydroxyl groups excluding tert-OH is 1. The molecule has 2 aliphatic rings. The third-order valence-electron chi connectivity index (χ3n) is 4.32. The summed E-state index contributed by atoms with van der Waals surface area (Å²) in [5.41, 5.74) is 0.517. The first kappa shape index (κ1) is 9.51. The summed E-state index contributed by atoms with van der Waals surface area (Å²) in [5, 5.41) is 9.05. The summed E-state index contributed by atoms with van der Waals surface area (Å²) in [7, 11) is 0. The van der Waals surface area contributed by atoms with Crippen molar-refractivity contribution in [1.29, 1.82) is 0 Å². The second kappa shape index (κ2) is 2.98. The van der Waals surface area contributed by atoms with Crippen LogP contribution >= 0.6 is 0 Å². The molecule has 4 unspecified atom stereocenters. The van der Waals surface area contributed by atoms with Gasteiger partial charge in [0.2, 0.25) is 0 Å². The van der Waals surface area contributed by atoms with Gasteiger partial charge in [0, 0.05) is 6.61 Å². The Morgan fingerprint density at radius 3 is 2.54 bits per heavy atom. The van der Waals surface area contributed by atoms with E-state index in [1.54, 1.807) is 0 Å². The summed E-state index contributed by atoms with van der Waals surface area (Å²) in [6, 6.07) is 0. The zero-order valence-corrected chi connectivity index (χ0v) is 9.09. The molecule has 76 valence electrons. The largest absolute Gasteiger partial charge is 0.396 e. The van der Waals surface area contributed by atoms with E-state index in [1.165, 1.54) is 19.3 Å². The maximum Gasteiger partial charge on any atom is 0.0464 e. The van der Waals surface area contributed by atoms with E-state index < -0.39 is 0 Å². The van der Waals surface area contributed by atoms with Crippen LogP contribution in [-0.4, -0.2) is 11.7 Å². The van der Waals surface area contributed by atoms with Crippen molar-refractivity contribution < 1.29 is 5.11 Å². The van der Waals surface area contributed by atoms with Crippen LogP contribution in [0.2, 0.25) is 0 Å². The molecule has 1 N–H and O–H groups in total. The lowest BCUT2D eigenvalue weighted by atomic mass is 9.95. The molecular weight excluding hydrogens is 160 g/mol. The van der Waals surface area contributed by atoms with Gasteiger partial charge in [-0.2, -0.15) is 0 Å². The van der Waals surface area contributed by atoms with Gasteiger partial charge in [-0.05, 0) is 48.3 Å². The van der Waals surface area contributed by atoms with Crippen LogP contribution in [0.15, 0.2) is 0 Å². The smallest absolute Gasteiger partial charge is 0.0464 e. The second-order valence-electron chi connectivity index (χ2n) is 5.85. The van der Waals surface area contributed by atoms with Crippen LogP contribution in [0.4, 0.5) is 0 Å². The lowest BCUT2D eigenvalue weighted by molar-refractivity contribution is 0.245. The Balaban J connectivity index is 1.76. The summed E-state index contributed by atoms with van der Waals surface area (Å²) >= 11 is 0. The lowest BCUT2D eigenvalue weighted by Gasteiger charge is -2.10. The maximum atomic E-state index is 9.05. The Kier molecular flexibility index (Phi) is 2.18. The first-order valence-electron chi connectivity index (χ1n) is 5.67. The minimum absolute atomic E-state index is 0.412. The van der Waals surface area contributed by atoms with E-state index in [2.05, 4.69) is 20.8 Å². The van der Waals surface area contributed by atoms with E-state index >= 15 is 0 Å². The van der Waals surface area contributed by atoms with E-state index in [9.17, 15) is 0 Å². The Hall–Kier alpha value is -0.0400. The van der Waals surface area contributed by atoms with Gasteiger partial charge >= 0.3 is 0 Å². The zero-order chi connectivity index (χ0) is 9.64. The molecule has 1 nitrogen and oxygen atoms in total. The molecule has 0 saturated heterocycles. The molecule has 0 radical (unpaired) electrons. The SMILES string of the molecule is CC(C)C1CC1CC1(C)CC1CO. The summed E-state index contributed by atoms with van der Waals surface area (Å²) < 4.78 is 0. The van der Waals surface area contributed by atoms with Crippen molar-refractivity contribution in [2.45, 2.75) is 40.0 Å². The van der Waals surface area contributed by atoms with E-state index in [4.69, 9.17) is 5.11 Å². The lowest BCUT2D eigenvalue weighted by Crippen LogP contribution is -2.04. The van der Waals surface area contributed by atoms with Gasteiger partial charge in [0.05, 0.1) is 0 Å². The highest BCUT2D eigenvalue weighted by atomic mass is 16.3. The maximum absolute atomic E-state index is 9.05. The molecule has 1 heteroatoms. The minimum Gasteiger partial charge on any atom is -0.396 e. The minimum atomic E-state index is 0.412. The molecule has 2 fully saturated rings. The van der Waals surface area contributed by atoms with E-state index in [0.717, 1.165) is 17.8 Å². The molecule has 4 atom stereocenters. The van der Waals surface area contributed by atoms with Crippen molar-refractivity contribution in [1.82, 2.24) is 0 Å². The topological polar surface area (TPSA) is 20.2 Å². The van der Waals surface area contributed by atoms with Gasteiger partial charge in [-0.15, -0.1) is 0 Å². The number of hydrogen-bond acceptors (Lipinski definition) is 1. The van der Waals surface area contributed by atoms with Crippen LogP contribution in [0.5, 0.6) is 0 Å². The van der Waals surface area contributed by atoms with Crippen molar-refractivity contribution >= 4 is 0 Å². The number of aliphatic hydroxyl groups is 1. The summed E-state index contributed by atoms with van der Waals surface area (Å²) in [6.45, 7) is 7.44. The fourth-order valence-corrected chi connectivity index (χ4v) is 2.96. The third kappa shape index (κ3) is 1.76. The number of hydrogen-bond donors (Lipinski definition) is 1. The Morgan fingerprint density at radius 2 is 2.15 bits per heavy atom. The molecule has 0 amide bonds. The normalized spacial score (nSPS) is 48.2. The highest BCUT2D eigenvalue weighted by Gasteiger charge is 2.54. The second-order valence-corrected chi connectivity index (χ2v) is 5.85. The van der Waals surface area contributed by atoms with Crippen LogP contribution < -0.4 is 0 Å². The first-order chi connectivity index (χ1) is 6.07. The van der Waals surface area contributed by atoms with Crippen LogP contribution in [0, 0.1) is 29.1 Å². The van der Waals surface area contributed by atoms with E-state index in [0.29, 0.717) is 17.9 Å². The fraction of sp³-hybridized carbons (Fsp3) is 1.00. The monoisotopic (exact) mass is 182 g/mol. The van der Waals surface area contributed by atoms with Gasteiger partial charge in [0.1, 0.15) is 0 Å². The Morgan fingerprint density at radius 1 is 1.46 bits per heavy atom. The molecule has 0 spiro atoms. The predicted octanol–water partition coefficient (Wildman–Crippen LogP) is 2.69. The standard InChI is InChI=1S/C12H22O/c1-8(2)11-4-9(11)5-12(3)6-10(12)7-13/h8-11,13H,4-7H2,1-3H3. The highest BCUT2D eigenvalue weighted by Crippen LogP contribution is 2.61. The van der Waals surface area contributed by atoms with Gasteiger partial charge in [0.15, 0.2) is 0 Å². The van der Waals surface area contributed by atoms with Crippen molar-refractivity contribution in [2.24, 2.45) is 29.1 Å². The Bertz CT molecular complexity index is 199. The molecule has 0 bridgehead atoms. The average molecular weight is 182 g/mol. The van der Waals surface area contributed by atoms with Gasteiger partial charge in [-0.3, -0.25) is 0 Å². The molecule has 2 rings (SSSR count). The van der Waals surface area contributed by atoms with Crippen LogP contribution in [0.25, 0.3) is 0 Å². The molecular formula is C12H22O. The van der Waals surface area contributed by atoms with Crippen LogP contribution in [0.3, 0.4) is 0 Å². The zero-order valence-electron chi connectivity index (χ0n) is 9.09.